The number of ether oxygens (including phenoxy) is 3. The van der Waals surface area contributed by atoms with Gasteiger partial charge in [-0.1, -0.05) is 339 Å². The lowest BCUT2D eigenvalue weighted by Crippen LogP contribution is -2.30. The Morgan fingerprint density at radius 3 is 0.792 bits per heavy atom. The molecule has 6 nitrogen and oxygen atoms in total. The molecule has 0 aromatic heterocycles. The van der Waals surface area contributed by atoms with Crippen LogP contribution < -0.4 is 0 Å². The number of esters is 3. The number of allylic oxidation sites excluding steroid dienone is 8. The van der Waals surface area contributed by atoms with E-state index in [1.807, 2.05) is 0 Å². The average molecular weight is 1080 g/mol. The Balaban J connectivity index is 4.28. The lowest BCUT2D eigenvalue weighted by molar-refractivity contribution is -0.167. The third kappa shape index (κ3) is 64.1. The molecule has 0 saturated carbocycles. The van der Waals surface area contributed by atoms with Gasteiger partial charge in [0.2, 0.25) is 0 Å². The Hall–Kier alpha value is -2.63. The van der Waals surface area contributed by atoms with Crippen LogP contribution >= 0.6 is 0 Å². The van der Waals surface area contributed by atoms with E-state index in [0.717, 1.165) is 83.5 Å². The third-order valence-corrected chi connectivity index (χ3v) is 15.3. The normalized spacial score (nSPS) is 12.3. The van der Waals surface area contributed by atoms with Crippen LogP contribution in [0.4, 0.5) is 0 Å². The lowest BCUT2D eigenvalue weighted by atomic mass is 10.0. The average Bonchev–Trinajstić information content (AvgIpc) is 3.43. The monoisotopic (exact) mass is 1080 g/mol. The number of carbonyl (C=O) groups is 3. The van der Waals surface area contributed by atoms with Crippen LogP contribution in [-0.4, -0.2) is 37.2 Å². The quantitative estimate of drug-likeness (QED) is 0.0261. The Bertz CT molecular complexity index is 1330. The van der Waals surface area contributed by atoms with E-state index in [1.54, 1.807) is 0 Å². The molecule has 0 bridgehead atoms. The van der Waals surface area contributed by atoms with Gasteiger partial charge in [0.15, 0.2) is 6.10 Å². The predicted octanol–water partition coefficient (Wildman–Crippen LogP) is 23.3. The molecule has 0 spiro atoms. The summed E-state index contributed by atoms with van der Waals surface area (Å²) in [5.41, 5.74) is 0. The molecule has 0 N–H and O–H groups in total. The van der Waals surface area contributed by atoms with Gasteiger partial charge in [-0.15, -0.1) is 0 Å². The first kappa shape index (κ1) is 74.4. The predicted molar refractivity (Wildman–Crippen MR) is 335 cm³/mol. The molecule has 0 aliphatic carbocycles. The Morgan fingerprint density at radius 2 is 0.506 bits per heavy atom. The minimum absolute atomic E-state index is 0.0670. The highest BCUT2D eigenvalue weighted by molar-refractivity contribution is 5.71. The zero-order chi connectivity index (χ0) is 55.7. The van der Waals surface area contributed by atoms with Crippen LogP contribution in [-0.2, 0) is 28.6 Å². The summed E-state index contributed by atoms with van der Waals surface area (Å²) in [4.78, 5) is 38.4. The summed E-state index contributed by atoms with van der Waals surface area (Å²) in [6.45, 7) is 6.60. The molecule has 450 valence electrons. The van der Waals surface area contributed by atoms with E-state index in [0.29, 0.717) is 19.3 Å². The standard InChI is InChI=1S/C71H130O6/c1-4-7-10-13-16-19-22-25-28-30-32-33-34-35-36-37-39-40-43-46-49-52-55-58-61-64-70(73)76-67-68(66-75-69(72)63-60-57-54-51-48-45-42-27-24-21-18-15-12-9-6-3)77-71(74)65-62-59-56-53-50-47-44-41-38-31-29-26-23-20-17-14-11-8-5-2/h7,10,16,19,25,28,32-33,68H,4-6,8-9,11-15,17-18,20-24,26-27,29-31,34-67H2,1-3H3/b10-7-,19-16-,28-25-,33-32-. The largest absolute Gasteiger partial charge is 0.462 e. The molecule has 77 heavy (non-hydrogen) atoms. The summed E-state index contributed by atoms with van der Waals surface area (Å²) in [6.07, 6.45) is 82.7. The van der Waals surface area contributed by atoms with Crippen molar-refractivity contribution in [3.8, 4) is 0 Å². The first-order valence-corrected chi connectivity index (χ1v) is 34.1. The van der Waals surface area contributed by atoms with Crippen molar-refractivity contribution in [3.63, 3.8) is 0 Å². The van der Waals surface area contributed by atoms with Gasteiger partial charge in [-0.3, -0.25) is 14.4 Å². The summed E-state index contributed by atoms with van der Waals surface area (Å²) >= 11 is 0. The van der Waals surface area contributed by atoms with Gasteiger partial charge in [-0.05, 0) is 57.8 Å². The van der Waals surface area contributed by atoms with Crippen LogP contribution in [0.3, 0.4) is 0 Å². The SMILES string of the molecule is CC/C=C\C/C=C\C/C=C\C/C=C\CCCCCCCCCCCCCCC(=O)OCC(COC(=O)CCCCCCCCCCCCCCCCC)OC(=O)CCCCCCCCCCCCCCCCCCCCC. The summed E-state index contributed by atoms with van der Waals surface area (Å²) < 4.78 is 17.0. The molecule has 0 aromatic rings. The van der Waals surface area contributed by atoms with E-state index in [1.165, 1.54) is 244 Å². The van der Waals surface area contributed by atoms with E-state index in [2.05, 4.69) is 69.4 Å². The van der Waals surface area contributed by atoms with Crippen LogP contribution in [0, 0.1) is 0 Å². The van der Waals surface area contributed by atoms with Crippen molar-refractivity contribution in [2.75, 3.05) is 13.2 Å². The van der Waals surface area contributed by atoms with Crippen molar-refractivity contribution >= 4 is 17.9 Å². The Kier molecular flexibility index (Phi) is 63.6. The number of rotatable bonds is 63. The first-order valence-electron chi connectivity index (χ1n) is 34.1. The van der Waals surface area contributed by atoms with Gasteiger partial charge in [-0.25, -0.2) is 0 Å². The Morgan fingerprint density at radius 1 is 0.273 bits per heavy atom. The van der Waals surface area contributed by atoms with Crippen LogP contribution in [0.1, 0.15) is 367 Å². The molecular formula is C71H130O6. The molecule has 0 amide bonds. The van der Waals surface area contributed by atoms with Gasteiger partial charge in [0.1, 0.15) is 13.2 Å². The fraction of sp³-hybridized carbons (Fsp3) is 0.845. The lowest BCUT2D eigenvalue weighted by Gasteiger charge is -2.18. The third-order valence-electron chi connectivity index (χ3n) is 15.3. The highest BCUT2D eigenvalue weighted by atomic mass is 16.6. The molecule has 0 aromatic carbocycles. The Labute approximate surface area is 479 Å². The van der Waals surface area contributed by atoms with Crippen LogP contribution in [0.15, 0.2) is 48.6 Å². The highest BCUT2D eigenvalue weighted by Crippen LogP contribution is 2.18. The molecule has 0 radical (unpaired) electrons. The molecule has 0 saturated heterocycles. The van der Waals surface area contributed by atoms with Gasteiger partial charge in [0.25, 0.3) is 0 Å². The fourth-order valence-electron chi connectivity index (χ4n) is 10.3. The molecule has 6 heteroatoms. The topological polar surface area (TPSA) is 78.9 Å². The van der Waals surface area contributed by atoms with Crippen LogP contribution in [0.25, 0.3) is 0 Å². The molecule has 0 rings (SSSR count). The number of unbranched alkanes of at least 4 members (excludes halogenated alkanes) is 44. The second-order valence-corrected chi connectivity index (χ2v) is 23.1. The molecule has 1 unspecified atom stereocenters. The van der Waals surface area contributed by atoms with E-state index >= 15 is 0 Å². The van der Waals surface area contributed by atoms with Crippen molar-refractivity contribution in [3.05, 3.63) is 48.6 Å². The maximum atomic E-state index is 12.9. The van der Waals surface area contributed by atoms with E-state index in [9.17, 15) is 14.4 Å². The smallest absolute Gasteiger partial charge is 0.306 e. The summed E-state index contributed by atoms with van der Waals surface area (Å²) in [5.74, 6) is -0.840. The highest BCUT2D eigenvalue weighted by Gasteiger charge is 2.19. The van der Waals surface area contributed by atoms with Gasteiger partial charge in [-0.2, -0.15) is 0 Å². The van der Waals surface area contributed by atoms with Gasteiger partial charge in [0.05, 0.1) is 0 Å². The zero-order valence-electron chi connectivity index (χ0n) is 51.7. The molecule has 1 atom stereocenters. The van der Waals surface area contributed by atoms with Gasteiger partial charge in [0, 0.05) is 19.3 Å². The molecular weight excluding hydrogens is 949 g/mol. The van der Waals surface area contributed by atoms with E-state index in [4.69, 9.17) is 14.2 Å². The number of carbonyl (C=O) groups excluding carboxylic acids is 3. The van der Waals surface area contributed by atoms with Crippen molar-refractivity contribution in [2.45, 2.75) is 374 Å². The summed E-state index contributed by atoms with van der Waals surface area (Å²) in [5, 5.41) is 0. The van der Waals surface area contributed by atoms with Gasteiger partial charge < -0.3 is 14.2 Å². The molecule has 0 heterocycles. The van der Waals surface area contributed by atoms with Crippen molar-refractivity contribution in [2.24, 2.45) is 0 Å². The maximum absolute atomic E-state index is 12.9. The second kappa shape index (κ2) is 65.9. The van der Waals surface area contributed by atoms with Crippen LogP contribution in [0.5, 0.6) is 0 Å². The van der Waals surface area contributed by atoms with E-state index in [-0.39, 0.29) is 31.1 Å². The molecule has 0 fully saturated rings. The number of hydrogen-bond acceptors (Lipinski definition) is 6. The van der Waals surface area contributed by atoms with Crippen molar-refractivity contribution in [1.29, 1.82) is 0 Å². The molecule has 0 aliphatic heterocycles. The summed E-state index contributed by atoms with van der Waals surface area (Å²) in [6, 6.07) is 0. The fourth-order valence-corrected chi connectivity index (χ4v) is 10.3. The maximum Gasteiger partial charge on any atom is 0.306 e. The van der Waals surface area contributed by atoms with Crippen molar-refractivity contribution in [1.82, 2.24) is 0 Å². The van der Waals surface area contributed by atoms with Crippen LogP contribution in [0.2, 0.25) is 0 Å². The minimum atomic E-state index is -0.770. The second-order valence-electron chi connectivity index (χ2n) is 23.1. The van der Waals surface area contributed by atoms with E-state index < -0.39 is 6.10 Å². The molecule has 0 aliphatic rings. The zero-order valence-corrected chi connectivity index (χ0v) is 51.7. The van der Waals surface area contributed by atoms with Gasteiger partial charge >= 0.3 is 17.9 Å². The summed E-state index contributed by atoms with van der Waals surface area (Å²) in [7, 11) is 0. The first-order chi connectivity index (χ1) is 38.0. The number of hydrogen-bond donors (Lipinski definition) is 0. The minimum Gasteiger partial charge on any atom is -0.462 e. The van der Waals surface area contributed by atoms with Crippen molar-refractivity contribution < 1.29 is 28.6 Å².